The molecular weight excluding hydrogens is 322 g/mol. The van der Waals surface area contributed by atoms with Crippen LogP contribution in [0.25, 0.3) is 0 Å². The van der Waals surface area contributed by atoms with Crippen molar-refractivity contribution in [2.24, 2.45) is 27.2 Å². The Kier molecular flexibility index (Phi) is 5.83. The van der Waals surface area contributed by atoms with E-state index in [0.29, 0.717) is 11.3 Å². The number of Topliss-reactive ketones (excluding diaryl/α,β-unsaturated/α-hetero) is 1. The Bertz CT molecular complexity index is 810. The summed E-state index contributed by atoms with van der Waals surface area (Å²) < 4.78 is 5.01. The number of nitrogens with two attached hydrogens (primary N) is 3. The number of carbonyl (C=O) groups is 2. The van der Waals surface area contributed by atoms with E-state index >= 15 is 0 Å². The number of rotatable bonds is 5. The number of nitrogens with zero attached hydrogens (tertiary/aromatic N) is 2. The summed E-state index contributed by atoms with van der Waals surface area (Å²) in [6, 6.07) is 14.7. The van der Waals surface area contributed by atoms with E-state index in [1.54, 1.807) is 42.5 Å². The van der Waals surface area contributed by atoms with Gasteiger partial charge in [0.1, 0.15) is 0 Å². The number of benzene rings is 2. The smallest absolute Gasteiger partial charge is 0.338 e. The highest BCUT2D eigenvalue weighted by Crippen LogP contribution is 2.14. The lowest BCUT2D eigenvalue weighted by molar-refractivity contribution is 0.0475. The topological polar surface area (TPSA) is 146 Å². The molecule has 2 rings (SSSR count). The second-order valence-corrected chi connectivity index (χ2v) is 4.92. The van der Waals surface area contributed by atoms with E-state index < -0.39 is 5.97 Å². The van der Waals surface area contributed by atoms with E-state index in [1.807, 2.05) is 0 Å². The van der Waals surface area contributed by atoms with Gasteiger partial charge in [-0.3, -0.25) is 4.79 Å². The fraction of sp³-hybridized carbons (Fsp3) is 0.0588. The van der Waals surface area contributed by atoms with E-state index in [1.165, 1.54) is 12.1 Å². The minimum Gasteiger partial charge on any atom is -0.454 e. The molecule has 2 aromatic carbocycles. The highest BCUT2D eigenvalue weighted by molar-refractivity contribution is 5.99. The van der Waals surface area contributed by atoms with Crippen molar-refractivity contribution in [1.82, 2.24) is 0 Å². The molecule has 0 aromatic heterocycles. The molecule has 0 heterocycles. The lowest BCUT2D eigenvalue weighted by Gasteiger charge is -2.05. The Hall–Kier alpha value is -3.68. The standard InChI is InChI=1S/C17H17N5O3/c18-16(19)22-17(20)21-13-8-6-12(7-9-13)15(24)25-10-14(23)11-4-2-1-3-5-11/h1-9H,10H2,(H6,18,19,20,21,22). The van der Waals surface area contributed by atoms with Crippen molar-refractivity contribution in [1.29, 1.82) is 0 Å². The van der Waals surface area contributed by atoms with Crippen LogP contribution in [0.2, 0.25) is 0 Å². The predicted octanol–water partition coefficient (Wildman–Crippen LogP) is 0.946. The molecule has 6 N–H and O–H groups in total. The van der Waals surface area contributed by atoms with Gasteiger partial charge >= 0.3 is 5.97 Å². The molecular formula is C17H17N5O3. The molecule has 128 valence electrons. The van der Waals surface area contributed by atoms with Crippen molar-refractivity contribution >= 4 is 29.4 Å². The number of hydrogen-bond donors (Lipinski definition) is 3. The first-order chi connectivity index (χ1) is 12.0. The van der Waals surface area contributed by atoms with E-state index in [2.05, 4.69) is 9.98 Å². The molecule has 25 heavy (non-hydrogen) atoms. The zero-order chi connectivity index (χ0) is 18.2. The third-order valence-corrected chi connectivity index (χ3v) is 3.02. The SMILES string of the molecule is NC(N)=NC(N)=Nc1ccc(C(=O)OCC(=O)c2ccccc2)cc1. The molecule has 8 nitrogen and oxygen atoms in total. The maximum atomic E-state index is 12.0. The summed E-state index contributed by atoms with van der Waals surface area (Å²) in [5.74, 6) is -1.20. The number of ether oxygens (including phenoxy) is 1. The first-order valence-corrected chi connectivity index (χ1v) is 7.25. The lowest BCUT2D eigenvalue weighted by atomic mass is 10.1. The fourth-order valence-electron chi connectivity index (χ4n) is 1.88. The van der Waals surface area contributed by atoms with Crippen LogP contribution in [-0.2, 0) is 4.74 Å². The average Bonchev–Trinajstić information content (AvgIpc) is 2.60. The Labute approximate surface area is 144 Å². The third-order valence-electron chi connectivity index (χ3n) is 3.02. The second-order valence-electron chi connectivity index (χ2n) is 4.92. The minimum absolute atomic E-state index is 0.108. The fourth-order valence-corrected chi connectivity index (χ4v) is 1.88. The highest BCUT2D eigenvalue weighted by atomic mass is 16.5. The van der Waals surface area contributed by atoms with Crippen molar-refractivity contribution in [3.05, 3.63) is 65.7 Å². The molecule has 0 atom stereocenters. The Morgan fingerprint density at radius 1 is 0.880 bits per heavy atom. The minimum atomic E-state index is -0.614. The summed E-state index contributed by atoms with van der Waals surface area (Å²) in [6.07, 6.45) is 0. The summed E-state index contributed by atoms with van der Waals surface area (Å²) in [5, 5.41) is 0. The van der Waals surface area contributed by atoms with E-state index in [-0.39, 0.29) is 29.9 Å². The number of carbonyl (C=O) groups excluding carboxylic acids is 2. The number of hydrogen-bond acceptors (Lipinski definition) is 4. The molecule has 0 saturated carbocycles. The highest BCUT2D eigenvalue weighted by Gasteiger charge is 2.11. The molecule has 0 amide bonds. The van der Waals surface area contributed by atoms with Crippen LogP contribution in [0, 0.1) is 0 Å². The van der Waals surface area contributed by atoms with Crippen molar-refractivity contribution < 1.29 is 14.3 Å². The van der Waals surface area contributed by atoms with Crippen LogP contribution in [0.1, 0.15) is 20.7 Å². The first kappa shape index (κ1) is 17.7. The number of esters is 1. The summed E-state index contributed by atoms with van der Waals surface area (Å²) in [6.45, 7) is -0.333. The van der Waals surface area contributed by atoms with Gasteiger partial charge < -0.3 is 21.9 Å². The van der Waals surface area contributed by atoms with Crippen LogP contribution < -0.4 is 17.2 Å². The average molecular weight is 339 g/mol. The lowest BCUT2D eigenvalue weighted by Crippen LogP contribution is -2.26. The zero-order valence-corrected chi connectivity index (χ0v) is 13.3. The van der Waals surface area contributed by atoms with Crippen molar-refractivity contribution in [2.75, 3.05) is 6.61 Å². The summed E-state index contributed by atoms with van der Waals surface area (Å²) in [7, 11) is 0. The van der Waals surface area contributed by atoms with Crippen molar-refractivity contribution in [3.8, 4) is 0 Å². The normalized spacial score (nSPS) is 10.8. The van der Waals surface area contributed by atoms with Crippen LogP contribution in [0.4, 0.5) is 5.69 Å². The molecule has 0 fully saturated rings. The monoisotopic (exact) mass is 339 g/mol. The van der Waals surface area contributed by atoms with Crippen LogP contribution in [-0.4, -0.2) is 30.3 Å². The maximum Gasteiger partial charge on any atom is 0.338 e. The maximum absolute atomic E-state index is 12.0. The first-order valence-electron chi connectivity index (χ1n) is 7.25. The van der Waals surface area contributed by atoms with E-state index in [0.717, 1.165) is 0 Å². The third kappa shape index (κ3) is 5.47. The van der Waals surface area contributed by atoms with E-state index in [9.17, 15) is 9.59 Å². The van der Waals surface area contributed by atoms with Crippen LogP contribution >= 0.6 is 0 Å². The van der Waals surface area contributed by atoms with Gasteiger partial charge in [0.2, 0.25) is 5.96 Å². The van der Waals surface area contributed by atoms with Gasteiger partial charge in [-0.1, -0.05) is 30.3 Å². The van der Waals surface area contributed by atoms with Gasteiger partial charge in [-0.25, -0.2) is 9.79 Å². The molecule has 0 aliphatic rings. The quantitative estimate of drug-likeness (QED) is 0.320. The largest absolute Gasteiger partial charge is 0.454 e. The molecule has 8 heteroatoms. The van der Waals surface area contributed by atoms with Gasteiger partial charge in [-0.15, -0.1) is 0 Å². The Morgan fingerprint density at radius 3 is 2.12 bits per heavy atom. The number of aliphatic imine (C=N–C) groups is 2. The Morgan fingerprint density at radius 2 is 1.52 bits per heavy atom. The molecule has 0 bridgehead atoms. The van der Waals surface area contributed by atoms with Crippen LogP contribution in [0.3, 0.4) is 0 Å². The Balaban J connectivity index is 1.96. The zero-order valence-electron chi connectivity index (χ0n) is 13.3. The van der Waals surface area contributed by atoms with Gasteiger partial charge in [0.15, 0.2) is 18.3 Å². The summed E-state index contributed by atoms with van der Waals surface area (Å²) >= 11 is 0. The number of guanidine groups is 2. The summed E-state index contributed by atoms with van der Waals surface area (Å²) in [5.41, 5.74) is 17.1. The van der Waals surface area contributed by atoms with Crippen LogP contribution in [0.15, 0.2) is 64.6 Å². The molecule has 0 aliphatic carbocycles. The van der Waals surface area contributed by atoms with Gasteiger partial charge in [0.05, 0.1) is 11.3 Å². The molecule has 0 radical (unpaired) electrons. The van der Waals surface area contributed by atoms with E-state index in [4.69, 9.17) is 21.9 Å². The summed E-state index contributed by atoms with van der Waals surface area (Å²) in [4.78, 5) is 31.4. The molecule has 0 aliphatic heterocycles. The molecule has 0 spiro atoms. The number of ketones is 1. The van der Waals surface area contributed by atoms with Crippen LogP contribution in [0.5, 0.6) is 0 Å². The molecule has 2 aromatic rings. The molecule has 0 saturated heterocycles. The predicted molar refractivity (Wildman–Crippen MR) is 94.6 cm³/mol. The van der Waals surface area contributed by atoms with Gasteiger partial charge in [0, 0.05) is 5.56 Å². The van der Waals surface area contributed by atoms with Crippen molar-refractivity contribution in [2.45, 2.75) is 0 Å². The van der Waals surface area contributed by atoms with Gasteiger partial charge in [0.25, 0.3) is 0 Å². The molecule has 0 unspecified atom stereocenters. The van der Waals surface area contributed by atoms with Crippen molar-refractivity contribution in [3.63, 3.8) is 0 Å². The van der Waals surface area contributed by atoms with Gasteiger partial charge in [-0.05, 0) is 24.3 Å². The second kappa shape index (κ2) is 8.25. The van der Waals surface area contributed by atoms with Gasteiger partial charge in [-0.2, -0.15) is 4.99 Å².